The summed E-state index contributed by atoms with van der Waals surface area (Å²) in [5.41, 5.74) is 1.82. The highest BCUT2D eigenvalue weighted by molar-refractivity contribution is 5.64. The van der Waals surface area contributed by atoms with E-state index in [1.165, 1.54) is 6.07 Å². The van der Waals surface area contributed by atoms with Crippen LogP contribution in [0.2, 0.25) is 0 Å². The molecule has 2 rings (SSSR count). The molecule has 0 radical (unpaired) electrons. The Balaban J connectivity index is 2.39. The fraction of sp³-hybridized carbons (Fsp3) is 0.235. The number of rotatable bonds is 5. The Morgan fingerprint density at radius 1 is 1.15 bits per heavy atom. The maximum Gasteiger partial charge on any atom is 0.148 e. The molecule has 0 N–H and O–H groups in total. The van der Waals surface area contributed by atoms with Gasteiger partial charge in [-0.15, -0.1) is 0 Å². The highest BCUT2D eigenvalue weighted by atomic mass is 19.1. The van der Waals surface area contributed by atoms with Crippen molar-refractivity contribution in [2.75, 3.05) is 11.4 Å². The molecule has 0 saturated carbocycles. The van der Waals surface area contributed by atoms with Crippen LogP contribution in [-0.2, 0) is 0 Å². The molecule has 0 aliphatic carbocycles. The Bertz CT molecular complexity index is 602. The van der Waals surface area contributed by atoms with E-state index in [0.717, 1.165) is 25.1 Å². The lowest BCUT2D eigenvalue weighted by atomic mass is 10.1. The van der Waals surface area contributed by atoms with Crippen LogP contribution in [0.15, 0.2) is 48.5 Å². The summed E-state index contributed by atoms with van der Waals surface area (Å²) < 4.78 is 14.2. The molecule has 0 amide bonds. The summed E-state index contributed by atoms with van der Waals surface area (Å²) in [6, 6.07) is 16.3. The first kappa shape index (κ1) is 14.1. The lowest BCUT2D eigenvalue weighted by Gasteiger charge is -2.25. The zero-order valence-corrected chi connectivity index (χ0v) is 11.5. The van der Waals surface area contributed by atoms with Gasteiger partial charge in [0.05, 0.1) is 17.3 Å². The summed E-state index contributed by atoms with van der Waals surface area (Å²) in [7, 11) is 0. The van der Waals surface area contributed by atoms with Crippen molar-refractivity contribution in [1.29, 1.82) is 5.26 Å². The van der Waals surface area contributed by atoms with Gasteiger partial charge in [-0.2, -0.15) is 5.26 Å². The van der Waals surface area contributed by atoms with Crippen molar-refractivity contribution in [2.45, 2.75) is 19.8 Å². The van der Waals surface area contributed by atoms with Gasteiger partial charge in [0.15, 0.2) is 0 Å². The average Bonchev–Trinajstić information content (AvgIpc) is 2.50. The van der Waals surface area contributed by atoms with Crippen LogP contribution in [0.4, 0.5) is 15.8 Å². The summed E-state index contributed by atoms with van der Waals surface area (Å²) >= 11 is 0. The number of para-hydroxylation sites is 1. The molecule has 20 heavy (non-hydrogen) atoms. The number of nitrogens with zero attached hydrogens (tertiary/aromatic N) is 2. The van der Waals surface area contributed by atoms with Crippen LogP contribution in [-0.4, -0.2) is 6.54 Å². The molecule has 0 saturated heterocycles. The number of hydrogen-bond donors (Lipinski definition) is 0. The Morgan fingerprint density at radius 3 is 2.50 bits per heavy atom. The maximum atomic E-state index is 14.2. The van der Waals surface area contributed by atoms with E-state index in [1.54, 1.807) is 12.1 Å². The number of unbranched alkanes of at least 4 members (excludes halogenated alkanes) is 1. The van der Waals surface area contributed by atoms with Crippen molar-refractivity contribution < 1.29 is 4.39 Å². The Labute approximate surface area is 119 Å². The molecular formula is C17H17FN2. The minimum absolute atomic E-state index is 0.342. The molecule has 0 aromatic heterocycles. The quantitative estimate of drug-likeness (QED) is 0.790. The predicted molar refractivity (Wildman–Crippen MR) is 79.5 cm³/mol. The van der Waals surface area contributed by atoms with Gasteiger partial charge in [-0.3, -0.25) is 0 Å². The zero-order chi connectivity index (χ0) is 14.4. The van der Waals surface area contributed by atoms with Crippen molar-refractivity contribution in [1.82, 2.24) is 0 Å². The second-order valence-corrected chi connectivity index (χ2v) is 4.62. The van der Waals surface area contributed by atoms with Gasteiger partial charge >= 0.3 is 0 Å². The number of hydrogen-bond acceptors (Lipinski definition) is 2. The summed E-state index contributed by atoms with van der Waals surface area (Å²) in [5, 5.41) is 8.82. The van der Waals surface area contributed by atoms with Crippen molar-refractivity contribution in [3.05, 3.63) is 59.9 Å². The van der Waals surface area contributed by atoms with E-state index in [-0.39, 0.29) is 5.82 Å². The van der Waals surface area contributed by atoms with Crippen LogP contribution in [0.25, 0.3) is 0 Å². The number of halogens is 1. The molecule has 0 bridgehead atoms. The average molecular weight is 268 g/mol. The molecule has 2 nitrogen and oxygen atoms in total. The molecule has 0 fully saturated rings. The Hall–Kier alpha value is -2.34. The molecule has 0 spiro atoms. The minimum atomic E-state index is -0.357. The third-order valence-corrected chi connectivity index (χ3v) is 3.17. The summed E-state index contributed by atoms with van der Waals surface area (Å²) in [6.07, 6.45) is 2.02. The second kappa shape index (κ2) is 6.72. The lowest BCUT2D eigenvalue weighted by Crippen LogP contribution is -2.19. The zero-order valence-electron chi connectivity index (χ0n) is 11.5. The van der Waals surface area contributed by atoms with E-state index in [4.69, 9.17) is 5.26 Å². The van der Waals surface area contributed by atoms with Crippen molar-refractivity contribution in [3.63, 3.8) is 0 Å². The van der Waals surface area contributed by atoms with E-state index in [2.05, 4.69) is 6.92 Å². The van der Waals surface area contributed by atoms with Crippen LogP contribution in [0.3, 0.4) is 0 Å². The minimum Gasteiger partial charge on any atom is -0.339 e. The number of anilines is 2. The number of benzene rings is 2. The standard InChI is InChI=1S/C17H17FN2/c1-2-3-11-20(15-7-5-4-6-8-15)17-10-9-14(13-19)12-16(17)18/h4-10,12H,2-3,11H2,1H3. The monoisotopic (exact) mass is 268 g/mol. The summed E-state index contributed by atoms with van der Waals surface area (Å²) in [5.74, 6) is -0.357. The SMILES string of the molecule is CCCCN(c1ccccc1)c1ccc(C#N)cc1F. The third kappa shape index (κ3) is 3.16. The Kier molecular flexibility index (Phi) is 4.73. The molecule has 3 heteroatoms. The molecule has 102 valence electrons. The van der Waals surface area contributed by atoms with E-state index < -0.39 is 0 Å². The van der Waals surface area contributed by atoms with Crippen LogP contribution in [0, 0.1) is 17.1 Å². The van der Waals surface area contributed by atoms with E-state index in [9.17, 15) is 4.39 Å². The van der Waals surface area contributed by atoms with Crippen molar-refractivity contribution >= 4 is 11.4 Å². The van der Waals surface area contributed by atoms with Gasteiger partial charge < -0.3 is 4.90 Å². The normalized spacial score (nSPS) is 10.1. The van der Waals surface area contributed by atoms with Crippen LogP contribution >= 0.6 is 0 Å². The van der Waals surface area contributed by atoms with Crippen LogP contribution in [0.5, 0.6) is 0 Å². The highest BCUT2D eigenvalue weighted by Gasteiger charge is 2.13. The van der Waals surface area contributed by atoms with E-state index >= 15 is 0 Å². The fourth-order valence-corrected chi connectivity index (χ4v) is 2.11. The predicted octanol–water partition coefficient (Wildman–Crippen LogP) is 4.64. The molecular weight excluding hydrogens is 251 g/mol. The van der Waals surface area contributed by atoms with Crippen molar-refractivity contribution in [3.8, 4) is 6.07 Å². The topological polar surface area (TPSA) is 27.0 Å². The molecule has 0 atom stereocenters. The maximum absolute atomic E-state index is 14.2. The smallest absolute Gasteiger partial charge is 0.148 e. The summed E-state index contributed by atoms with van der Waals surface area (Å²) in [6.45, 7) is 2.86. The highest BCUT2D eigenvalue weighted by Crippen LogP contribution is 2.28. The summed E-state index contributed by atoms with van der Waals surface area (Å²) in [4.78, 5) is 1.96. The molecule has 0 heterocycles. The second-order valence-electron chi connectivity index (χ2n) is 4.62. The van der Waals surface area contributed by atoms with Crippen LogP contribution < -0.4 is 4.90 Å². The Morgan fingerprint density at radius 2 is 1.90 bits per heavy atom. The van der Waals surface area contributed by atoms with Gasteiger partial charge in [-0.25, -0.2) is 4.39 Å². The van der Waals surface area contributed by atoms with E-state index in [1.807, 2.05) is 41.3 Å². The molecule has 2 aromatic carbocycles. The number of nitriles is 1. The largest absolute Gasteiger partial charge is 0.339 e. The van der Waals surface area contributed by atoms with Gasteiger partial charge in [0.2, 0.25) is 0 Å². The van der Waals surface area contributed by atoms with Gasteiger partial charge in [-0.1, -0.05) is 31.5 Å². The molecule has 0 aliphatic heterocycles. The first-order valence-corrected chi connectivity index (χ1v) is 6.78. The van der Waals surface area contributed by atoms with Crippen LogP contribution in [0.1, 0.15) is 25.3 Å². The molecule has 0 unspecified atom stereocenters. The first-order valence-electron chi connectivity index (χ1n) is 6.78. The first-order chi connectivity index (χ1) is 9.76. The van der Waals surface area contributed by atoms with Gasteiger partial charge in [0.1, 0.15) is 5.82 Å². The van der Waals surface area contributed by atoms with Gasteiger partial charge in [0, 0.05) is 12.2 Å². The molecule has 2 aromatic rings. The fourth-order valence-electron chi connectivity index (χ4n) is 2.11. The van der Waals surface area contributed by atoms with Gasteiger partial charge in [0.25, 0.3) is 0 Å². The van der Waals surface area contributed by atoms with Gasteiger partial charge in [-0.05, 0) is 36.8 Å². The molecule has 0 aliphatic rings. The lowest BCUT2D eigenvalue weighted by molar-refractivity contribution is 0.622. The third-order valence-electron chi connectivity index (χ3n) is 3.17. The van der Waals surface area contributed by atoms with E-state index in [0.29, 0.717) is 11.3 Å². The van der Waals surface area contributed by atoms with Crippen molar-refractivity contribution in [2.24, 2.45) is 0 Å².